The van der Waals surface area contributed by atoms with Gasteiger partial charge in [0.1, 0.15) is 13.2 Å². The highest BCUT2D eigenvalue weighted by Gasteiger charge is 2.10. The number of ether oxygens (including phenoxy) is 3. The van der Waals surface area contributed by atoms with Crippen LogP contribution in [0.3, 0.4) is 0 Å². The minimum Gasteiger partial charge on any atom is -0.493 e. The van der Waals surface area contributed by atoms with Gasteiger partial charge in [0.05, 0.1) is 20.8 Å². The van der Waals surface area contributed by atoms with E-state index in [2.05, 4.69) is 12.2 Å². The van der Waals surface area contributed by atoms with Crippen LogP contribution < -0.4 is 19.5 Å². The minimum atomic E-state index is 0.643. The van der Waals surface area contributed by atoms with Crippen molar-refractivity contribution in [3.05, 3.63) is 18.2 Å². The molecule has 0 aliphatic heterocycles. The smallest absolute Gasteiger partial charge is 0.203 e. The zero-order valence-corrected chi connectivity index (χ0v) is 10.2. The molecule has 1 aromatic carbocycles. The highest BCUT2D eigenvalue weighted by Crippen LogP contribution is 2.36. The first-order valence-corrected chi connectivity index (χ1v) is 5.49. The molecule has 0 aromatic heterocycles. The van der Waals surface area contributed by atoms with Crippen LogP contribution >= 0.6 is 0 Å². The molecule has 0 spiro atoms. The van der Waals surface area contributed by atoms with Crippen LogP contribution in [0.4, 0.5) is 0 Å². The van der Waals surface area contributed by atoms with Crippen LogP contribution in [0.1, 0.15) is 6.92 Å². The molecule has 0 amide bonds. The largest absolute Gasteiger partial charge is 0.493 e. The van der Waals surface area contributed by atoms with Crippen LogP contribution in [0.5, 0.6) is 17.2 Å². The number of hydrogen-bond acceptors (Lipinski definition) is 3. The van der Waals surface area contributed by atoms with Gasteiger partial charge < -0.3 is 19.5 Å². The molecule has 0 aliphatic carbocycles. The van der Waals surface area contributed by atoms with Gasteiger partial charge >= 0.3 is 0 Å². The van der Waals surface area contributed by atoms with Gasteiger partial charge in [0.25, 0.3) is 0 Å². The fourth-order valence-electron chi connectivity index (χ4n) is 1.41. The lowest BCUT2D eigenvalue weighted by Gasteiger charge is -2.13. The van der Waals surface area contributed by atoms with E-state index >= 15 is 0 Å². The first kappa shape index (κ1) is 12.6. The molecule has 0 heterocycles. The van der Waals surface area contributed by atoms with Gasteiger partial charge in [0, 0.05) is 0 Å². The van der Waals surface area contributed by atoms with E-state index < -0.39 is 0 Å². The van der Waals surface area contributed by atoms with Crippen LogP contribution in [0.2, 0.25) is 0 Å². The first-order chi connectivity index (χ1) is 7.83. The number of quaternary nitrogens is 1. The normalized spacial score (nSPS) is 9.94. The Labute approximate surface area is 96.5 Å². The molecule has 4 heteroatoms. The molecule has 0 fully saturated rings. The summed E-state index contributed by atoms with van der Waals surface area (Å²) in [6.45, 7) is 4.75. The Balaban J connectivity index is 2.67. The molecule has 0 atom stereocenters. The van der Waals surface area contributed by atoms with E-state index in [9.17, 15) is 0 Å². The summed E-state index contributed by atoms with van der Waals surface area (Å²) < 4.78 is 16.1. The Kier molecular flexibility index (Phi) is 5.50. The Morgan fingerprint density at radius 2 is 1.75 bits per heavy atom. The molecule has 1 rings (SSSR count). The molecule has 0 saturated carbocycles. The van der Waals surface area contributed by atoms with Crippen LogP contribution in [0, 0.1) is 0 Å². The first-order valence-electron chi connectivity index (χ1n) is 5.49. The highest BCUT2D eigenvalue weighted by molar-refractivity contribution is 5.50. The SMILES string of the molecule is CC[NH2+]CCOc1c(OC)cccc1OC. The lowest BCUT2D eigenvalue weighted by molar-refractivity contribution is -0.652. The number of methoxy groups -OCH3 is 2. The zero-order valence-electron chi connectivity index (χ0n) is 10.2. The summed E-state index contributed by atoms with van der Waals surface area (Å²) in [5.74, 6) is 2.09. The standard InChI is InChI=1S/C12H19NO3/c1-4-13-8-9-16-12-10(14-2)6-5-7-11(12)15-3/h5-7,13H,4,8-9H2,1-3H3/p+1. The third kappa shape index (κ3) is 3.31. The van der Waals surface area contributed by atoms with Crippen LogP contribution in [0.25, 0.3) is 0 Å². The monoisotopic (exact) mass is 226 g/mol. The average Bonchev–Trinajstić information content (AvgIpc) is 2.34. The van der Waals surface area contributed by atoms with Crippen molar-refractivity contribution in [2.75, 3.05) is 33.9 Å². The fraction of sp³-hybridized carbons (Fsp3) is 0.500. The maximum absolute atomic E-state index is 5.67. The molecule has 4 nitrogen and oxygen atoms in total. The van der Waals surface area contributed by atoms with E-state index in [0.29, 0.717) is 23.9 Å². The van der Waals surface area contributed by atoms with Gasteiger partial charge in [0.15, 0.2) is 11.5 Å². The molecule has 16 heavy (non-hydrogen) atoms. The van der Waals surface area contributed by atoms with E-state index in [1.54, 1.807) is 14.2 Å². The topological polar surface area (TPSA) is 44.3 Å². The Morgan fingerprint density at radius 1 is 1.12 bits per heavy atom. The van der Waals surface area contributed by atoms with Crippen LogP contribution in [-0.2, 0) is 0 Å². The Hall–Kier alpha value is -1.42. The maximum Gasteiger partial charge on any atom is 0.203 e. The molecule has 0 unspecified atom stereocenters. The molecule has 0 bridgehead atoms. The van der Waals surface area contributed by atoms with Gasteiger partial charge in [-0.15, -0.1) is 0 Å². The van der Waals surface area contributed by atoms with Crippen molar-refractivity contribution in [2.24, 2.45) is 0 Å². The second-order valence-corrected chi connectivity index (χ2v) is 3.33. The van der Waals surface area contributed by atoms with E-state index in [1.807, 2.05) is 18.2 Å². The minimum absolute atomic E-state index is 0.643. The number of likely N-dealkylation sites (N-methyl/N-ethyl adjacent to an activating group) is 1. The molecular formula is C12H20NO3+. The van der Waals surface area contributed by atoms with Crippen molar-refractivity contribution in [1.29, 1.82) is 0 Å². The molecule has 90 valence electrons. The third-order valence-corrected chi connectivity index (χ3v) is 2.24. The number of benzene rings is 1. The summed E-state index contributed by atoms with van der Waals surface area (Å²) >= 11 is 0. The molecule has 1 aromatic rings. The molecule has 2 N–H and O–H groups in total. The number of nitrogens with two attached hydrogens (primary N) is 1. The van der Waals surface area contributed by atoms with E-state index in [1.165, 1.54) is 0 Å². The number of hydrogen-bond donors (Lipinski definition) is 1. The van der Waals surface area contributed by atoms with Crippen molar-refractivity contribution >= 4 is 0 Å². The van der Waals surface area contributed by atoms with Gasteiger partial charge in [-0.25, -0.2) is 0 Å². The molecule has 0 radical (unpaired) electrons. The Bertz CT molecular complexity index is 293. The zero-order chi connectivity index (χ0) is 11.8. The van der Waals surface area contributed by atoms with Crippen molar-refractivity contribution in [2.45, 2.75) is 6.92 Å². The summed E-state index contributed by atoms with van der Waals surface area (Å²) in [5.41, 5.74) is 0. The van der Waals surface area contributed by atoms with Gasteiger partial charge in [-0.3, -0.25) is 0 Å². The lowest BCUT2D eigenvalue weighted by atomic mass is 10.3. The van der Waals surface area contributed by atoms with E-state index in [0.717, 1.165) is 13.1 Å². The van der Waals surface area contributed by atoms with Gasteiger partial charge in [-0.2, -0.15) is 0 Å². The predicted molar refractivity (Wildman–Crippen MR) is 62.4 cm³/mol. The van der Waals surface area contributed by atoms with Gasteiger partial charge in [-0.05, 0) is 19.1 Å². The van der Waals surface area contributed by atoms with Crippen LogP contribution in [0.15, 0.2) is 18.2 Å². The van der Waals surface area contributed by atoms with E-state index in [4.69, 9.17) is 14.2 Å². The van der Waals surface area contributed by atoms with E-state index in [-0.39, 0.29) is 0 Å². The molecular weight excluding hydrogens is 206 g/mol. The fourth-order valence-corrected chi connectivity index (χ4v) is 1.41. The third-order valence-electron chi connectivity index (χ3n) is 2.24. The van der Waals surface area contributed by atoms with Crippen molar-refractivity contribution in [1.82, 2.24) is 0 Å². The second-order valence-electron chi connectivity index (χ2n) is 3.33. The van der Waals surface area contributed by atoms with Crippen molar-refractivity contribution in [3.8, 4) is 17.2 Å². The summed E-state index contributed by atoms with van der Waals surface area (Å²) in [6, 6.07) is 5.60. The molecule has 0 saturated heterocycles. The number of rotatable bonds is 7. The predicted octanol–water partition coefficient (Wildman–Crippen LogP) is 0.666. The van der Waals surface area contributed by atoms with Crippen molar-refractivity contribution < 1.29 is 19.5 Å². The summed E-state index contributed by atoms with van der Waals surface area (Å²) in [5, 5.41) is 2.18. The van der Waals surface area contributed by atoms with Crippen molar-refractivity contribution in [3.63, 3.8) is 0 Å². The number of para-hydroxylation sites is 1. The maximum atomic E-state index is 5.67. The lowest BCUT2D eigenvalue weighted by Crippen LogP contribution is -2.84. The Morgan fingerprint density at radius 3 is 2.25 bits per heavy atom. The summed E-state index contributed by atoms with van der Waals surface area (Å²) in [7, 11) is 3.25. The summed E-state index contributed by atoms with van der Waals surface area (Å²) in [4.78, 5) is 0. The van der Waals surface area contributed by atoms with Crippen LogP contribution in [-0.4, -0.2) is 33.9 Å². The van der Waals surface area contributed by atoms with Gasteiger partial charge in [0.2, 0.25) is 5.75 Å². The summed E-state index contributed by atoms with van der Waals surface area (Å²) in [6.07, 6.45) is 0. The van der Waals surface area contributed by atoms with Gasteiger partial charge in [-0.1, -0.05) is 6.07 Å². The highest BCUT2D eigenvalue weighted by atomic mass is 16.5. The molecule has 0 aliphatic rings. The second kappa shape index (κ2) is 6.95. The average molecular weight is 226 g/mol. The quantitative estimate of drug-likeness (QED) is 0.695.